The Labute approximate surface area is 121 Å². The molecule has 0 saturated carbocycles. The van der Waals surface area contributed by atoms with Gasteiger partial charge in [-0.15, -0.1) is 0 Å². The molecule has 0 amide bonds. The lowest BCUT2D eigenvalue weighted by atomic mass is 10.3. The minimum atomic E-state index is -5.00. The monoisotopic (exact) mass is 348 g/mol. The Balaban J connectivity index is 3.03. The molecule has 1 rings (SSSR count). The van der Waals surface area contributed by atoms with E-state index in [1.54, 1.807) is 0 Å². The van der Waals surface area contributed by atoms with Gasteiger partial charge in [0.25, 0.3) is 5.69 Å². The van der Waals surface area contributed by atoms with Gasteiger partial charge in [-0.2, -0.15) is 13.2 Å². The van der Waals surface area contributed by atoms with Crippen LogP contribution < -0.4 is 4.72 Å². The summed E-state index contributed by atoms with van der Waals surface area (Å²) in [6.45, 7) is -1.34. The van der Waals surface area contributed by atoms with Gasteiger partial charge in [-0.05, 0) is 6.07 Å². The first-order valence-electron chi connectivity index (χ1n) is 5.13. The number of nitro benzene ring substituents is 1. The number of sulfonamides is 1. The molecule has 0 bridgehead atoms. The fourth-order valence-corrected chi connectivity index (χ4v) is 2.75. The maximum Gasteiger partial charge on any atom is 0.415 e. The smallest absolute Gasteiger partial charge is 0.382 e. The largest absolute Gasteiger partial charge is 0.415 e. The van der Waals surface area contributed by atoms with E-state index in [0.29, 0.717) is 6.07 Å². The van der Waals surface area contributed by atoms with Crippen molar-refractivity contribution in [2.45, 2.75) is 17.2 Å². The van der Waals surface area contributed by atoms with Gasteiger partial charge in [0.15, 0.2) is 6.10 Å². The summed E-state index contributed by atoms with van der Waals surface area (Å²) in [6.07, 6.45) is -7.92. The number of aliphatic hydroxyl groups excluding tert-OH is 1. The Morgan fingerprint density at radius 3 is 2.48 bits per heavy atom. The number of benzene rings is 1. The van der Waals surface area contributed by atoms with E-state index < -0.39 is 49.4 Å². The van der Waals surface area contributed by atoms with Crippen LogP contribution in [0, 0.1) is 10.1 Å². The lowest BCUT2D eigenvalue weighted by Crippen LogP contribution is -2.40. The highest BCUT2D eigenvalue weighted by Gasteiger charge is 2.39. The first-order chi connectivity index (χ1) is 9.45. The summed E-state index contributed by atoms with van der Waals surface area (Å²) in [5, 5.41) is 18.9. The van der Waals surface area contributed by atoms with Gasteiger partial charge >= 0.3 is 6.18 Å². The van der Waals surface area contributed by atoms with E-state index in [4.69, 9.17) is 16.7 Å². The third-order valence-corrected chi connectivity index (χ3v) is 4.16. The van der Waals surface area contributed by atoms with Crippen LogP contribution in [0.25, 0.3) is 0 Å². The van der Waals surface area contributed by atoms with E-state index in [9.17, 15) is 31.7 Å². The lowest BCUT2D eigenvalue weighted by molar-refractivity contribution is -0.385. The van der Waals surface area contributed by atoms with Crippen molar-refractivity contribution in [3.63, 3.8) is 0 Å². The maximum absolute atomic E-state index is 12.1. The summed E-state index contributed by atoms with van der Waals surface area (Å²) in [5.41, 5.74) is -0.601. The molecule has 12 heteroatoms. The third-order valence-electron chi connectivity index (χ3n) is 2.26. The minimum absolute atomic E-state index is 0.408. The Bertz CT molecular complexity index is 649. The molecule has 2 N–H and O–H groups in total. The molecule has 0 saturated heterocycles. The zero-order valence-corrected chi connectivity index (χ0v) is 11.5. The van der Waals surface area contributed by atoms with Crippen LogP contribution in [0.5, 0.6) is 0 Å². The van der Waals surface area contributed by atoms with E-state index in [1.807, 2.05) is 0 Å². The summed E-state index contributed by atoms with van der Waals surface area (Å²) in [5.74, 6) is 0. The van der Waals surface area contributed by atoms with Gasteiger partial charge in [0.05, 0.1) is 9.95 Å². The average Bonchev–Trinajstić information content (AvgIpc) is 2.34. The van der Waals surface area contributed by atoms with Crippen LogP contribution in [0.3, 0.4) is 0 Å². The number of halogens is 4. The van der Waals surface area contributed by atoms with Crippen molar-refractivity contribution in [2.24, 2.45) is 0 Å². The molecule has 0 aliphatic rings. The number of aliphatic hydroxyl groups is 1. The predicted molar refractivity (Wildman–Crippen MR) is 65.4 cm³/mol. The maximum atomic E-state index is 12.1. The van der Waals surface area contributed by atoms with Crippen LogP contribution in [0.15, 0.2) is 23.1 Å². The Hall–Kier alpha value is -1.43. The number of hydrogen-bond donors (Lipinski definition) is 2. The standard InChI is InChI=1S/C9H8ClF3N2O5S/c10-6-2-1-5(15(17)18)3-7(6)21(19,20)14-4-8(16)9(11,12)13/h1-3,8,14,16H,4H2. The molecule has 118 valence electrons. The van der Waals surface area contributed by atoms with Crippen molar-refractivity contribution in [3.05, 3.63) is 33.3 Å². The van der Waals surface area contributed by atoms with Gasteiger partial charge in [0, 0.05) is 18.7 Å². The molecular formula is C9H8ClF3N2O5S. The molecule has 0 spiro atoms. The highest BCUT2D eigenvalue weighted by atomic mass is 35.5. The Kier molecular flexibility index (Phi) is 5.15. The van der Waals surface area contributed by atoms with E-state index in [0.717, 1.165) is 12.1 Å². The minimum Gasteiger partial charge on any atom is -0.382 e. The van der Waals surface area contributed by atoms with E-state index in [1.165, 1.54) is 4.72 Å². The summed E-state index contributed by atoms with van der Waals surface area (Å²) in [7, 11) is -4.55. The van der Waals surface area contributed by atoms with Crippen molar-refractivity contribution < 1.29 is 31.6 Å². The highest BCUT2D eigenvalue weighted by molar-refractivity contribution is 7.89. The van der Waals surface area contributed by atoms with Gasteiger partial charge in [-0.3, -0.25) is 10.1 Å². The van der Waals surface area contributed by atoms with Crippen LogP contribution in [0.2, 0.25) is 5.02 Å². The number of nitrogens with zero attached hydrogens (tertiary/aromatic N) is 1. The molecule has 7 nitrogen and oxygen atoms in total. The SMILES string of the molecule is O=[N+]([O-])c1ccc(Cl)c(S(=O)(=O)NCC(O)C(F)(F)F)c1. The van der Waals surface area contributed by atoms with Crippen molar-refractivity contribution in [3.8, 4) is 0 Å². The second-order valence-corrected chi connectivity index (χ2v) is 5.92. The normalized spacial score (nSPS) is 14.0. The fraction of sp³-hybridized carbons (Fsp3) is 0.333. The van der Waals surface area contributed by atoms with Gasteiger partial charge in [-0.25, -0.2) is 13.1 Å². The summed E-state index contributed by atoms with van der Waals surface area (Å²) in [6, 6.07) is 2.46. The van der Waals surface area contributed by atoms with Gasteiger partial charge in [-0.1, -0.05) is 11.6 Å². The van der Waals surface area contributed by atoms with Crippen LogP contribution in [-0.2, 0) is 10.0 Å². The molecule has 21 heavy (non-hydrogen) atoms. The van der Waals surface area contributed by atoms with Gasteiger partial charge in [0.1, 0.15) is 4.90 Å². The number of nitrogens with one attached hydrogen (secondary N) is 1. The zero-order valence-electron chi connectivity index (χ0n) is 9.96. The molecule has 0 fully saturated rings. The zero-order chi connectivity index (χ0) is 16.4. The Morgan fingerprint density at radius 2 is 2.00 bits per heavy atom. The predicted octanol–water partition coefficient (Wildman–Crippen LogP) is 1.45. The quantitative estimate of drug-likeness (QED) is 0.618. The van der Waals surface area contributed by atoms with Crippen LogP contribution in [0.1, 0.15) is 0 Å². The summed E-state index contributed by atoms with van der Waals surface area (Å²) in [4.78, 5) is 8.90. The molecule has 0 aliphatic carbocycles. The molecule has 0 aliphatic heterocycles. The first kappa shape index (κ1) is 17.6. The number of hydrogen-bond acceptors (Lipinski definition) is 5. The molecule has 0 radical (unpaired) electrons. The molecule has 1 unspecified atom stereocenters. The van der Waals surface area contributed by atoms with E-state index in [2.05, 4.69) is 0 Å². The molecule has 1 aromatic rings. The number of rotatable bonds is 5. The first-order valence-corrected chi connectivity index (χ1v) is 6.99. The molecule has 0 aromatic heterocycles. The number of alkyl halides is 3. The highest BCUT2D eigenvalue weighted by Crippen LogP contribution is 2.26. The summed E-state index contributed by atoms with van der Waals surface area (Å²) >= 11 is 5.56. The second-order valence-electron chi connectivity index (χ2n) is 3.78. The third kappa shape index (κ3) is 4.52. The van der Waals surface area contributed by atoms with Crippen molar-refractivity contribution in [2.75, 3.05) is 6.54 Å². The van der Waals surface area contributed by atoms with Gasteiger partial charge in [0.2, 0.25) is 10.0 Å². The Morgan fingerprint density at radius 1 is 1.43 bits per heavy atom. The molecular weight excluding hydrogens is 341 g/mol. The van der Waals surface area contributed by atoms with Crippen molar-refractivity contribution >= 4 is 27.3 Å². The lowest BCUT2D eigenvalue weighted by Gasteiger charge is -2.15. The topological polar surface area (TPSA) is 110 Å². The number of non-ortho nitro benzene ring substituents is 1. The molecule has 0 heterocycles. The summed E-state index contributed by atoms with van der Waals surface area (Å²) < 4.78 is 61.2. The van der Waals surface area contributed by atoms with E-state index >= 15 is 0 Å². The van der Waals surface area contributed by atoms with Crippen LogP contribution >= 0.6 is 11.6 Å². The fourth-order valence-electron chi connectivity index (χ4n) is 1.19. The van der Waals surface area contributed by atoms with E-state index in [-0.39, 0.29) is 0 Å². The van der Waals surface area contributed by atoms with Crippen LogP contribution in [-0.4, -0.2) is 37.3 Å². The number of nitro groups is 1. The van der Waals surface area contributed by atoms with Crippen LogP contribution in [0.4, 0.5) is 18.9 Å². The van der Waals surface area contributed by atoms with Crippen molar-refractivity contribution in [1.29, 1.82) is 0 Å². The second kappa shape index (κ2) is 6.13. The van der Waals surface area contributed by atoms with Crippen molar-refractivity contribution in [1.82, 2.24) is 4.72 Å². The van der Waals surface area contributed by atoms with Gasteiger partial charge < -0.3 is 5.11 Å². The molecule has 1 atom stereocenters. The molecule has 1 aromatic carbocycles. The average molecular weight is 349 g/mol.